The van der Waals surface area contributed by atoms with Crippen molar-refractivity contribution in [2.75, 3.05) is 7.11 Å². The quantitative estimate of drug-likeness (QED) is 0.796. The van der Waals surface area contributed by atoms with E-state index >= 15 is 0 Å². The third-order valence-electron chi connectivity index (χ3n) is 1.65. The first kappa shape index (κ1) is 9.43. The van der Waals surface area contributed by atoms with Crippen molar-refractivity contribution in [2.24, 2.45) is 0 Å². The van der Waals surface area contributed by atoms with Gasteiger partial charge in [-0.25, -0.2) is 4.98 Å². The number of benzene rings is 1. The van der Waals surface area contributed by atoms with Gasteiger partial charge in [-0.2, -0.15) is 0 Å². The van der Waals surface area contributed by atoms with Crippen molar-refractivity contribution in [1.29, 1.82) is 0 Å². The minimum Gasteiger partial charge on any atom is -0.495 e. The third-order valence-corrected chi connectivity index (χ3v) is 3.81. The molecule has 0 atom stereocenters. The largest absolute Gasteiger partial charge is 0.495 e. The van der Waals surface area contributed by atoms with E-state index in [4.69, 9.17) is 4.74 Å². The lowest BCUT2D eigenvalue weighted by atomic mass is 10.3. The summed E-state index contributed by atoms with van der Waals surface area (Å²) in [5.41, 5.74) is 0.941. The first-order chi connectivity index (χ1) is 6.22. The normalized spacial score (nSPS) is 10.7. The van der Waals surface area contributed by atoms with Crippen LogP contribution in [0, 0.1) is 0 Å². The maximum absolute atomic E-state index is 5.22. The van der Waals surface area contributed by atoms with Gasteiger partial charge in [-0.3, -0.25) is 0 Å². The number of hydrogen-bond donors (Lipinski definition) is 0. The number of hydrogen-bond acceptors (Lipinski definition) is 3. The van der Waals surface area contributed by atoms with Gasteiger partial charge in [0.05, 0.1) is 11.8 Å². The second kappa shape index (κ2) is 3.55. The van der Waals surface area contributed by atoms with Gasteiger partial charge in [0.25, 0.3) is 0 Å². The number of rotatable bonds is 1. The molecule has 0 saturated carbocycles. The van der Waals surface area contributed by atoms with Gasteiger partial charge in [0.15, 0.2) is 3.92 Å². The summed E-state index contributed by atoms with van der Waals surface area (Å²) >= 11 is 8.36. The zero-order valence-electron chi connectivity index (χ0n) is 6.67. The highest BCUT2D eigenvalue weighted by atomic mass is 79.9. The van der Waals surface area contributed by atoms with Gasteiger partial charge in [-0.05, 0) is 44.0 Å². The van der Waals surface area contributed by atoms with E-state index in [9.17, 15) is 0 Å². The van der Waals surface area contributed by atoms with Crippen LogP contribution in [0.15, 0.2) is 20.5 Å². The maximum Gasteiger partial charge on any atom is 0.160 e. The summed E-state index contributed by atoms with van der Waals surface area (Å²) in [6.45, 7) is 0. The third kappa shape index (κ3) is 1.60. The number of aromatic nitrogens is 1. The van der Waals surface area contributed by atoms with Crippen molar-refractivity contribution < 1.29 is 4.74 Å². The molecule has 0 spiro atoms. The molecule has 0 aliphatic carbocycles. The van der Waals surface area contributed by atoms with E-state index in [1.54, 1.807) is 18.4 Å². The molecule has 0 aliphatic rings. The van der Waals surface area contributed by atoms with Crippen LogP contribution < -0.4 is 4.74 Å². The number of fused-ring (bicyclic) bond motifs is 1. The lowest BCUT2D eigenvalue weighted by Gasteiger charge is -2.00. The van der Waals surface area contributed by atoms with E-state index < -0.39 is 0 Å². The van der Waals surface area contributed by atoms with Crippen LogP contribution in [0.2, 0.25) is 0 Å². The van der Waals surface area contributed by atoms with Gasteiger partial charge >= 0.3 is 0 Å². The van der Waals surface area contributed by atoms with Crippen LogP contribution >= 0.6 is 43.2 Å². The highest BCUT2D eigenvalue weighted by Gasteiger charge is 2.09. The summed E-state index contributed by atoms with van der Waals surface area (Å²) in [6.07, 6.45) is 0. The Morgan fingerprint density at radius 3 is 2.85 bits per heavy atom. The molecule has 5 heteroatoms. The minimum absolute atomic E-state index is 0.862. The molecule has 2 rings (SSSR count). The van der Waals surface area contributed by atoms with Crippen LogP contribution in [-0.4, -0.2) is 12.1 Å². The van der Waals surface area contributed by atoms with Crippen molar-refractivity contribution in [3.63, 3.8) is 0 Å². The number of nitrogens with zero attached hydrogens (tertiary/aromatic N) is 1. The van der Waals surface area contributed by atoms with Crippen molar-refractivity contribution in [3.8, 4) is 5.75 Å². The van der Waals surface area contributed by atoms with Crippen molar-refractivity contribution in [1.82, 2.24) is 4.98 Å². The Balaban J connectivity index is 2.83. The molecular formula is C8H5Br2NOS. The summed E-state index contributed by atoms with van der Waals surface area (Å²) in [5, 5.41) is 0. The summed E-state index contributed by atoms with van der Waals surface area (Å²) in [4.78, 5) is 4.33. The Kier molecular flexibility index (Phi) is 2.58. The Bertz CT molecular complexity index is 455. The van der Waals surface area contributed by atoms with Crippen molar-refractivity contribution >= 4 is 53.4 Å². The minimum atomic E-state index is 0.862. The van der Waals surface area contributed by atoms with Gasteiger partial charge in [0.2, 0.25) is 0 Å². The molecule has 1 aromatic carbocycles. The highest BCUT2D eigenvalue weighted by Crippen LogP contribution is 2.37. The molecule has 68 valence electrons. The second-order valence-electron chi connectivity index (χ2n) is 2.39. The van der Waals surface area contributed by atoms with Gasteiger partial charge in [-0.1, -0.05) is 0 Å². The molecule has 2 aromatic rings. The van der Waals surface area contributed by atoms with E-state index in [-0.39, 0.29) is 0 Å². The summed E-state index contributed by atoms with van der Waals surface area (Å²) in [6, 6.07) is 3.87. The van der Waals surface area contributed by atoms with Gasteiger partial charge in [0.1, 0.15) is 11.3 Å². The average Bonchev–Trinajstić information content (AvgIpc) is 2.48. The molecule has 0 aliphatic heterocycles. The smallest absolute Gasteiger partial charge is 0.160 e. The van der Waals surface area contributed by atoms with Crippen LogP contribution in [0.1, 0.15) is 0 Å². The number of ether oxygens (including phenoxy) is 1. The molecular weight excluding hydrogens is 318 g/mol. The zero-order chi connectivity index (χ0) is 9.42. The Morgan fingerprint density at radius 2 is 2.15 bits per heavy atom. The zero-order valence-corrected chi connectivity index (χ0v) is 10.7. The summed E-state index contributed by atoms with van der Waals surface area (Å²) in [5.74, 6) is 0.862. The first-order valence-corrected chi connectivity index (χ1v) is 5.91. The van der Waals surface area contributed by atoms with E-state index in [1.165, 1.54) is 0 Å². The number of halogens is 2. The molecule has 2 nitrogen and oxygen atoms in total. The summed E-state index contributed by atoms with van der Waals surface area (Å²) in [7, 11) is 1.66. The monoisotopic (exact) mass is 321 g/mol. The second-order valence-corrected chi connectivity index (χ2v) is 5.52. The number of thiazole rings is 1. The molecule has 0 unspecified atom stereocenters. The van der Waals surface area contributed by atoms with Crippen LogP contribution in [0.5, 0.6) is 5.75 Å². The molecule has 0 N–H and O–H groups in total. The standard InChI is InChI=1S/C8H5Br2NOS/c1-12-5-3-2-4(9)6-7(5)13-8(10)11-6/h2-3H,1H3. The topological polar surface area (TPSA) is 22.1 Å². The van der Waals surface area contributed by atoms with Crippen molar-refractivity contribution in [2.45, 2.75) is 0 Å². The van der Waals surface area contributed by atoms with Gasteiger partial charge in [-0.15, -0.1) is 11.3 Å². The van der Waals surface area contributed by atoms with Crippen molar-refractivity contribution in [3.05, 3.63) is 20.5 Å². The molecule has 1 aromatic heterocycles. The number of methoxy groups -OCH3 is 1. The molecule has 0 saturated heterocycles. The Morgan fingerprint density at radius 1 is 1.38 bits per heavy atom. The molecule has 13 heavy (non-hydrogen) atoms. The van der Waals surface area contributed by atoms with Gasteiger partial charge < -0.3 is 4.74 Å². The maximum atomic E-state index is 5.22. The highest BCUT2D eigenvalue weighted by molar-refractivity contribution is 9.11. The fourth-order valence-electron chi connectivity index (χ4n) is 1.09. The Hall–Kier alpha value is -0.130. The fourth-order valence-corrected chi connectivity index (χ4v) is 3.11. The molecule has 0 amide bonds. The molecule has 0 radical (unpaired) electrons. The predicted molar refractivity (Wildman–Crippen MR) is 61.6 cm³/mol. The van der Waals surface area contributed by atoms with Crippen LogP contribution in [0.25, 0.3) is 10.2 Å². The van der Waals surface area contributed by atoms with E-state index in [2.05, 4.69) is 36.8 Å². The molecule has 1 heterocycles. The molecule has 0 bridgehead atoms. The van der Waals surface area contributed by atoms with Crippen LogP contribution in [0.4, 0.5) is 0 Å². The average molecular weight is 323 g/mol. The van der Waals surface area contributed by atoms with Gasteiger partial charge in [0, 0.05) is 4.47 Å². The van der Waals surface area contributed by atoms with E-state index in [0.717, 1.165) is 24.4 Å². The first-order valence-electron chi connectivity index (χ1n) is 3.51. The lowest BCUT2D eigenvalue weighted by molar-refractivity contribution is 0.420. The Labute approximate surface area is 96.2 Å². The van der Waals surface area contributed by atoms with E-state index in [0.29, 0.717) is 0 Å². The fraction of sp³-hybridized carbons (Fsp3) is 0.125. The van der Waals surface area contributed by atoms with E-state index in [1.807, 2.05) is 12.1 Å². The SMILES string of the molecule is COc1ccc(Br)c2nc(Br)sc12. The molecule has 0 fully saturated rings. The summed E-state index contributed by atoms with van der Waals surface area (Å²) < 4.78 is 8.14. The van der Waals surface area contributed by atoms with Crippen LogP contribution in [0.3, 0.4) is 0 Å². The predicted octanol–water partition coefficient (Wildman–Crippen LogP) is 3.83. The lowest BCUT2D eigenvalue weighted by Crippen LogP contribution is -1.82. The van der Waals surface area contributed by atoms with Crippen LogP contribution in [-0.2, 0) is 0 Å².